The molecule has 0 saturated heterocycles. The van der Waals surface area contributed by atoms with Gasteiger partial charge in [0.2, 0.25) is 5.91 Å². The Kier molecular flexibility index (Phi) is 5.78. The second-order valence-corrected chi connectivity index (χ2v) is 4.66. The van der Waals surface area contributed by atoms with E-state index in [-0.39, 0.29) is 11.9 Å². The van der Waals surface area contributed by atoms with Crippen LogP contribution in [-0.2, 0) is 17.8 Å². The first-order chi connectivity index (χ1) is 8.56. The van der Waals surface area contributed by atoms with Crippen molar-refractivity contribution in [1.29, 1.82) is 0 Å². The fourth-order valence-corrected chi connectivity index (χ4v) is 1.65. The van der Waals surface area contributed by atoms with Crippen LogP contribution in [0.1, 0.15) is 32.0 Å². The van der Waals surface area contributed by atoms with Gasteiger partial charge in [0, 0.05) is 25.8 Å². The number of nitrogens with zero attached hydrogens (tertiary/aromatic N) is 2. The molecule has 4 nitrogen and oxygen atoms in total. The van der Waals surface area contributed by atoms with Gasteiger partial charge >= 0.3 is 0 Å². The molecule has 1 amide bonds. The molecule has 0 unspecified atom stereocenters. The Hall–Kier alpha value is -1.42. The third kappa shape index (κ3) is 4.11. The highest BCUT2D eigenvalue weighted by atomic mass is 16.2. The van der Waals surface area contributed by atoms with Crippen LogP contribution >= 0.6 is 0 Å². The quantitative estimate of drug-likeness (QED) is 0.833. The summed E-state index contributed by atoms with van der Waals surface area (Å²) in [5, 5.41) is 3.16. The lowest BCUT2D eigenvalue weighted by atomic mass is 10.1. The van der Waals surface area contributed by atoms with Crippen molar-refractivity contribution in [2.24, 2.45) is 0 Å². The van der Waals surface area contributed by atoms with Crippen LogP contribution in [0.3, 0.4) is 0 Å². The lowest BCUT2D eigenvalue weighted by molar-refractivity contribution is -0.130. The van der Waals surface area contributed by atoms with Gasteiger partial charge in [0.15, 0.2) is 0 Å². The van der Waals surface area contributed by atoms with Crippen LogP contribution in [-0.4, -0.2) is 35.4 Å². The standard InChI is InChI=1S/C14H23N3O/c1-5-12-7-6-8-16-13(12)9-15-10-14(18)17(4)11(2)3/h6-8,11,15H,5,9-10H2,1-4H3. The van der Waals surface area contributed by atoms with Crippen molar-refractivity contribution in [2.75, 3.05) is 13.6 Å². The Labute approximate surface area is 109 Å². The third-order valence-electron chi connectivity index (χ3n) is 3.10. The smallest absolute Gasteiger partial charge is 0.236 e. The predicted octanol–water partition coefficient (Wildman–Crippen LogP) is 1.60. The van der Waals surface area contributed by atoms with Gasteiger partial charge < -0.3 is 10.2 Å². The lowest BCUT2D eigenvalue weighted by Gasteiger charge is -2.21. The third-order valence-corrected chi connectivity index (χ3v) is 3.10. The first-order valence-electron chi connectivity index (χ1n) is 6.45. The number of likely N-dealkylation sites (N-methyl/N-ethyl adjacent to an activating group) is 1. The molecule has 0 aliphatic rings. The van der Waals surface area contributed by atoms with E-state index in [1.54, 1.807) is 11.1 Å². The minimum atomic E-state index is 0.110. The number of amides is 1. The summed E-state index contributed by atoms with van der Waals surface area (Å²) in [5.74, 6) is 0.110. The summed E-state index contributed by atoms with van der Waals surface area (Å²) in [6.07, 6.45) is 2.75. The van der Waals surface area contributed by atoms with Gasteiger partial charge in [-0.1, -0.05) is 13.0 Å². The summed E-state index contributed by atoms with van der Waals surface area (Å²) < 4.78 is 0. The summed E-state index contributed by atoms with van der Waals surface area (Å²) >= 11 is 0. The highest BCUT2D eigenvalue weighted by molar-refractivity contribution is 5.78. The Morgan fingerprint density at radius 3 is 2.83 bits per heavy atom. The number of aromatic nitrogens is 1. The molecular weight excluding hydrogens is 226 g/mol. The largest absolute Gasteiger partial charge is 0.342 e. The monoisotopic (exact) mass is 249 g/mol. The molecule has 4 heteroatoms. The molecule has 1 rings (SSSR count). The van der Waals surface area contributed by atoms with E-state index in [9.17, 15) is 4.79 Å². The molecule has 0 saturated carbocycles. The highest BCUT2D eigenvalue weighted by Crippen LogP contribution is 2.05. The molecular formula is C14H23N3O. The molecule has 1 aromatic heterocycles. The molecule has 0 aliphatic heterocycles. The van der Waals surface area contributed by atoms with E-state index in [1.165, 1.54) is 5.56 Å². The van der Waals surface area contributed by atoms with Crippen LogP contribution in [0.15, 0.2) is 18.3 Å². The molecule has 1 heterocycles. The van der Waals surface area contributed by atoms with Crippen molar-refractivity contribution in [2.45, 2.75) is 39.8 Å². The first kappa shape index (κ1) is 14.6. The summed E-state index contributed by atoms with van der Waals surface area (Å²) in [5.41, 5.74) is 2.26. The Morgan fingerprint density at radius 2 is 2.22 bits per heavy atom. The molecule has 0 radical (unpaired) electrons. The number of hydrogen-bond acceptors (Lipinski definition) is 3. The summed E-state index contributed by atoms with van der Waals surface area (Å²) in [7, 11) is 1.83. The van der Waals surface area contributed by atoms with Gasteiger partial charge in [0.1, 0.15) is 0 Å². The fourth-order valence-electron chi connectivity index (χ4n) is 1.65. The van der Waals surface area contributed by atoms with Crippen molar-refractivity contribution in [1.82, 2.24) is 15.2 Å². The van der Waals surface area contributed by atoms with Crippen LogP contribution in [0.5, 0.6) is 0 Å². The second kappa shape index (κ2) is 7.11. The van der Waals surface area contributed by atoms with Gasteiger partial charge in [0.25, 0.3) is 0 Å². The van der Waals surface area contributed by atoms with E-state index >= 15 is 0 Å². The number of nitrogens with one attached hydrogen (secondary N) is 1. The van der Waals surface area contributed by atoms with E-state index in [4.69, 9.17) is 0 Å². The van der Waals surface area contributed by atoms with Crippen molar-refractivity contribution in [3.8, 4) is 0 Å². The average Bonchev–Trinajstić information content (AvgIpc) is 2.38. The second-order valence-electron chi connectivity index (χ2n) is 4.66. The van der Waals surface area contributed by atoms with Crippen LogP contribution in [0.2, 0.25) is 0 Å². The molecule has 0 bridgehead atoms. The van der Waals surface area contributed by atoms with Gasteiger partial charge in [-0.15, -0.1) is 0 Å². The molecule has 0 atom stereocenters. The minimum absolute atomic E-state index is 0.110. The zero-order valence-electron chi connectivity index (χ0n) is 11.7. The van der Waals surface area contributed by atoms with Gasteiger partial charge in [-0.05, 0) is 31.9 Å². The minimum Gasteiger partial charge on any atom is -0.342 e. The van der Waals surface area contributed by atoms with E-state index in [1.807, 2.05) is 27.0 Å². The Balaban J connectivity index is 2.44. The SMILES string of the molecule is CCc1cccnc1CNCC(=O)N(C)C(C)C. The molecule has 100 valence electrons. The molecule has 18 heavy (non-hydrogen) atoms. The van der Waals surface area contributed by atoms with Gasteiger partial charge in [-0.25, -0.2) is 0 Å². The van der Waals surface area contributed by atoms with E-state index in [2.05, 4.69) is 23.3 Å². The maximum Gasteiger partial charge on any atom is 0.236 e. The Bertz CT molecular complexity index is 390. The van der Waals surface area contributed by atoms with Gasteiger partial charge in [-0.3, -0.25) is 9.78 Å². The molecule has 0 aromatic carbocycles. The van der Waals surface area contributed by atoms with Crippen LogP contribution in [0.4, 0.5) is 0 Å². The number of hydrogen-bond donors (Lipinski definition) is 1. The zero-order valence-corrected chi connectivity index (χ0v) is 11.7. The molecule has 0 spiro atoms. The van der Waals surface area contributed by atoms with Crippen LogP contribution < -0.4 is 5.32 Å². The van der Waals surface area contributed by atoms with Crippen LogP contribution in [0, 0.1) is 0 Å². The number of carbonyl (C=O) groups excluding carboxylic acids is 1. The topological polar surface area (TPSA) is 45.2 Å². The number of pyridine rings is 1. The normalized spacial score (nSPS) is 10.7. The van der Waals surface area contributed by atoms with Crippen LogP contribution in [0.25, 0.3) is 0 Å². The van der Waals surface area contributed by atoms with Gasteiger partial charge in [0.05, 0.1) is 12.2 Å². The van der Waals surface area contributed by atoms with Crippen molar-refractivity contribution in [3.05, 3.63) is 29.6 Å². The predicted molar refractivity (Wildman–Crippen MR) is 73.2 cm³/mol. The van der Waals surface area contributed by atoms with Crippen molar-refractivity contribution < 1.29 is 4.79 Å². The molecule has 1 N–H and O–H groups in total. The van der Waals surface area contributed by atoms with E-state index in [0.717, 1.165) is 12.1 Å². The summed E-state index contributed by atoms with van der Waals surface area (Å²) in [6, 6.07) is 4.26. The molecule has 1 aromatic rings. The van der Waals surface area contributed by atoms with E-state index in [0.29, 0.717) is 13.1 Å². The van der Waals surface area contributed by atoms with Crippen molar-refractivity contribution >= 4 is 5.91 Å². The van der Waals surface area contributed by atoms with E-state index < -0.39 is 0 Å². The highest BCUT2D eigenvalue weighted by Gasteiger charge is 2.11. The molecule has 0 fully saturated rings. The maximum absolute atomic E-state index is 11.8. The first-order valence-corrected chi connectivity index (χ1v) is 6.45. The average molecular weight is 249 g/mol. The number of carbonyl (C=O) groups is 1. The summed E-state index contributed by atoms with van der Waals surface area (Å²) in [6.45, 7) is 7.12. The molecule has 0 aliphatic carbocycles. The van der Waals surface area contributed by atoms with Crippen molar-refractivity contribution in [3.63, 3.8) is 0 Å². The Morgan fingerprint density at radius 1 is 1.50 bits per heavy atom. The fraction of sp³-hybridized carbons (Fsp3) is 0.571. The summed E-state index contributed by atoms with van der Waals surface area (Å²) in [4.78, 5) is 17.9. The zero-order chi connectivity index (χ0) is 13.5. The lowest BCUT2D eigenvalue weighted by Crippen LogP contribution is -2.39. The number of aryl methyl sites for hydroxylation is 1. The maximum atomic E-state index is 11.8. The van der Waals surface area contributed by atoms with Gasteiger partial charge in [-0.2, -0.15) is 0 Å². The number of rotatable bonds is 6.